The van der Waals surface area contributed by atoms with E-state index in [1.54, 1.807) is 6.08 Å². The summed E-state index contributed by atoms with van der Waals surface area (Å²) in [5, 5.41) is 23.2. The maximum absolute atomic E-state index is 12.5. The van der Waals surface area contributed by atoms with Crippen molar-refractivity contribution in [1.29, 1.82) is 0 Å². The van der Waals surface area contributed by atoms with E-state index in [9.17, 15) is 19.8 Å². The summed E-state index contributed by atoms with van der Waals surface area (Å²) >= 11 is 0. The summed E-state index contributed by atoms with van der Waals surface area (Å²) in [5.74, 6) is -0.0352. The number of hydrogen-bond donors (Lipinski definition) is 3. The van der Waals surface area contributed by atoms with Crippen molar-refractivity contribution in [2.24, 2.45) is 0 Å². The lowest BCUT2D eigenvalue weighted by Crippen LogP contribution is -2.45. The molecule has 0 fully saturated rings. The molecule has 0 bridgehead atoms. The fourth-order valence-corrected chi connectivity index (χ4v) is 12.1. The maximum atomic E-state index is 12.5. The minimum atomic E-state index is -0.841. The Balaban J connectivity index is 3.31. The van der Waals surface area contributed by atoms with Crippen molar-refractivity contribution >= 4 is 11.9 Å². The molecule has 0 rings (SSSR count). The van der Waals surface area contributed by atoms with Gasteiger partial charge in [0.15, 0.2) is 0 Å². The minimum absolute atomic E-state index is 0.0257. The summed E-state index contributed by atoms with van der Waals surface area (Å²) in [4.78, 5) is 24.6. The van der Waals surface area contributed by atoms with Crippen LogP contribution in [0, 0.1) is 0 Å². The van der Waals surface area contributed by atoms with E-state index >= 15 is 0 Å². The number of allylic oxidation sites excluding steroid dienone is 1. The van der Waals surface area contributed by atoms with Crippen LogP contribution in [0.4, 0.5) is 0 Å². The standard InChI is InChI=1S/C75H147NO5/c1-3-5-7-9-11-13-15-17-19-20-33-37-41-45-49-53-57-61-65-69-75(80)81-70-66-62-58-54-50-46-42-38-35-32-30-28-26-24-22-21-23-25-27-29-31-34-36-40-44-48-52-56-60-64-68-74(79)76-72(71-77)73(78)67-63-59-55-51-47-43-39-18-16-14-12-10-8-6-4-2/h63,67,72-73,77-78H,3-62,64-66,68-71H2,1-2H3,(H,76,79)/b67-63+. The third kappa shape index (κ3) is 67.6. The van der Waals surface area contributed by atoms with Crippen molar-refractivity contribution in [3.05, 3.63) is 12.2 Å². The molecule has 482 valence electrons. The molecule has 0 radical (unpaired) electrons. The van der Waals surface area contributed by atoms with Gasteiger partial charge in [0.05, 0.1) is 25.4 Å². The van der Waals surface area contributed by atoms with Crippen molar-refractivity contribution in [1.82, 2.24) is 5.32 Å². The smallest absolute Gasteiger partial charge is 0.305 e. The van der Waals surface area contributed by atoms with E-state index in [0.717, 1.165) is 38.5 Å². The fraction of sp³-hybridized carbons (Fsp3) is 0.947. The van der Waals surface area contributed by atoms with E-state index in [1.807, 2.05) is 6.08 Å². The number of unbranched alkanes of at least 4 members (excludes halogenated alkanes) is 60. The predicted octanol–water partition coefficient (Wildman–Crippen LogP) is 24.3. The lowest BCUT2D eigenvalue weighted by molar-refractivity contribution is -0.143. The molecule has 0 heterocycles. The van der Waals surface area contributed by atoms with Crippen LogP contribution in [-0.2, 0) is 14.3 Å². The van der Waals surface area contributed by atoms with Crippen LogP contribution in [0.5, 0.6) is 0 Å². The first-order chi connectivity index (χ1) is 40.0. The zero-order valence-corrected chi connectivity index (χ0v) is 55.3. The second-order valence-corrected chi connectivity index (χ2v) is 26.0. The Kier molecular flexibility index (Phi) is 69.9. The number of esters is 1. The van der Waals surface area contributed by atoms with Crippen molar-refractivity contribution in [2.75, 3.05) is 13.2 Å². The SMILES string of the molecule is CCCCCCCCCCCCCCC/C=C/C(O)C(CO)NC(=O)CCCCCCCCCCCCCCCCCCCCCCCCCCCCCCCCOC(=O)CCCCCCCCCCCCCCCCCCCCC. The van der Waals surface area contributed by atoms with E-state index in [0.29, 0.717) is 19.4 Å². The number of hydrogen-bond acceptors (Lipinski definition) is 5. The molecular weight excluding hydrogens is 995 g/mol. The summed E-state index contributed by atoms with van der Waals surface area (Å²) in [6, 6.07) is -0.624. The first-order valence-corrected chi connectivity index (χ1v) is 37.5. The second-order valence-electron chi connectivity index (χ2n) is 26.0. The topological polar surface area (TPSA) is 95.9 Å². The van der Waals surface area contributed by atoms with Gasteiger partial charge in [-0.1, -0.05) is 398 Å². The van der Waals surface area contributed by atoms with Crippen LogP contribution >= 0.6 is 0 Å². The van der Waals surface area contributed by atoms with Crippen LogP contribution in [0.15, 0.2) is 12.2 Å². The Bertz CT molecular complexity index is 1220. The van der Waals surface area contributed by atoms with E-state index < -0.39 is 12.1 Å². The van der Waals surface area contributed by atoms with Crippen LogP contribution in [0.3, 0.4) is 0 Å². The van der Waals surface area contributed by atoms with Gasteiger partial charge in [-0.15, -0.1) is 0 Å². The Morgan fingerprint density at radius 1 is 0.333 bits per heavy atom. The monoisotopic (exact) mass is 1140 g/mol. The number of carbonyl (C=O) groups excluding carboxylic acids is 2. The molecule has 0 saturated carbocycles. The third-order valence-corrected chi connectivity index (χ3v) is 17.8. The summed E-state index contributed by atoms with van der Waals surface area (Å²) < 4.78 is 5.52. The molecule has 81 heavy (non-hydrogen) atoms. The summed E-state index contributed by atoms with van der Waals surface area (Å²) in [6.45, 7) is 4.96. The molecule has 1 amide bonds. The highest BCUT2D eigenvalue weighted by molar-refractivity contribution is 5.76. The van der Waals surface area contributed by atoms with Crippen molar-refractivity contribution in [2.45, 2.75) is 443 Å². The second kappa shape index (κ2) is 71.1. The lowest BCUT2D eigenvalue weighted by Gasteiger charge is -2.20. The zero-order valence-electron chi connectivity index (χ0n) is 55.3. The van der Waals surface area contributed by atoms with E-state index in [2.05, 4.69) is 19.2 Å². The molecule has 0 aromatic rings. The van der Waals surface area contributed by atoms with Crippen molar-refractivity contribution < 1.29 is 24.5 Å². The molecule has 0 aliphatic carbocycles. The van der Waals surface area contributed by atoms with Gasteiger partial charge in [-0.3, -0.25) is 9.59 Å². The van der Waals surface area contributed by atoms with Crippen LogP contribution in [0.2, 0.25) is 0 Å². The van der Waals surface area contributed by atoms with Gasteiger partial charge in [-0.25, -0.2) is 0 Å². The third-order valence-electron chi connectivity index (χ3n) is 17.8. The number of nitrogens with one attached hydrogen (secondary N) is 1. The lowest BCUT2D eigenvalue weighted by atomic mass is 10.0. The summed E-state index contributed by atoms with van der Waals surface area (Å²) in [6.07, 6.45) is 88.9. The Morgan fingerprint density at radius 2 is 0.568 bits per heavy atom. The highest BCUT2D eigenvalue weighted by atomic mass is 16.5. The summed E-state index contributed by atoms with van der Waals surface area (Å²) in [7, 11) is 0. The first-order valence-electron chi connectivity index (χ1n) is 37.5. The van der Waals surface area contributed by atoms with Gasteiger partial charge < -0.3 is 20.3 Å². The van der Waals surface area contributed by atoms with E-state index in [1.165, 1.54) is 366 Å². The van der Waals surface area contributed by atoms with Gasteiger partial charge in [0.2, 0.25) is 5.91 Å². The zero-order chi connectivity index (χ0) is 58.5. The molecule has 0 aliphatic rings. The van der Waals surface area contributed by atoms with Gasteiger partial charge in [0.1, 0.15) is 0 Å². The number of ether oxygens (including phenoxy) is 1. The highest BCUT2D eigenvalue weighted by Crippen LogP contribution is 2.20. The average Bonchev–Trinajstić information content (AvgIpc) is 3.47. The predicted molar refractivity (Wildman–Crippen MR) is 357 cm³/mol. The molecule has 3 N–H and O–H groups in total. The number of amides is 1. The molecule has 0 aromatic heterocycles. The molecule has 6 heteroatoms. The first kappa shape index (κ1) is 79.6. The quantitative estimate of drug-likeness (QED) is 0.0320. The van der Waals surface area contributed by atoms with Crippen LogP contribution in [-0.4, -0.2) is 47.4 Å². The van der Waals surface area contributed by atoms with Crippen molar-refractivity contribution in [3.63, 3.8) is 0 Å². The van der Waals surface area contributed by atoms with Crippen LogP contribution in [0.25, 0.3) is 0 Å². The highest BCUT2D eigenvalue weighted by Gasteiger charge is 2.18. The molecular formula is C75H147NO5. The average molecular weight is 1140 g/mol. The molecule has 0 aliphatic heterocycles. The van der Waals surface area contributed by atoms with E-state index in [4.69, 9.17) is 4.74 Å². The molecule has 2 atom stereocenters. The molecule has 0 saturated heterocycles. The maximum Gasteiger partial charge on any atom is 0.305 e. The Morgan fingerprint density at radius 3 is 0.840 bits per heavy atom. The number of rotatable bonds is 71. The van der Waals surface area contributed by atoms with Gasteiger partial charge in [-0.05, 0) is 32.1 Å². The van der Waals surface area contributed by atoms with Gasteiger partial charge >= 0.3 is 5.97 Å². The molecule has 6 nitrogen and oxygen atoms in total. The van der Waals surface area contributed by atoms with Crippen LogP contribution in [0.1, 0.15) is 431 Å². The minimum Gasteiger partial charge on any atom is -0.466 e. The van der Waals surface area contributed by atoms with Gasteiger partial charge in [0, 0.05) is 12.8 Å². The molecule has 2 unspecified atom stereocenters. The van der Waals surface area contributed by atoms with Crippen LogP contribution < -0.4 is 5.32 Å². The summed E-state index contributed by atoms with van der Waals surface area (Å²) in [5.41, 5.74) is 0. The molecule has 0 spiro atoms. The molecule has 0 aromatic carbocycles. The normalized spacial score (nSPS) is 12.5. The number of carbonyl (C=O) groups is 2. The number of aliphatic hydroxyl groups excluding tert-OH is 2. The van der Waals surface area contributed by atoms with E-state index in [-0.39, 0.29) is 18.5 Å². The number of aliphatic hydroxyl groups is 2. The van der Waals surface area contributed by atoms with Gasteiger partial charge in [0.25, 0.3) is 0 Å². The van der Waals surface area contributed by atoms with Gasteiger partial charge in [-0.2, -0.15) is 0 Å². The Labute approximate surface area is 508 Å². The van der Waals surface area contributed by atoms with Crippen molar-refractivity contribution in [3.8, 4) is 0 Å². The Hall–Kier alpha value is -1.40. The fourth-order valence-electron chi connectivity index (χ4n) is 12.1. The largest absolute Gasteiger partial charge is 0.466 e.